The quantitative estimate of drug-likeness (QED) is 0.866. The normalized spacial score (nSPS) is 19.6. The van der Waals surface area contributed by atoms with E-state index in [-0.39, 0.29) is 18.5 Å². The molecule has 2 rings (SSSR count). The Balaban J connectivity index is 1.94. The summed E-state index contributed by atoms with van der Waals surface area (Å²) in [4.78, 5) is 25.1. The highest BCUT2D eigenvalue weighted by Crippen LogP contribution is 2.17. The highest BCUT2D eigenvalue weighted by Gasteiger charge is 2.28. The van der Waals surface area contributed by atoms with Gasteiger partial charge < -0.3 is 11.1 Å². The molecule has 3 N–H and O–H groups in total. The van der Waals surface area contributed by atoms with Crippen LogP contribution in [0.1, 0.15) is 19.3 Å². The van der Waals surface area contributed by atoms with Gasteiger partial charge in [0.2, 0.25) is 11.8 Å². The van der Waals surface area contributed by atoms with Crippen molar-refractivity contribution in [2.45, 2.75) is 25.3 Å². The van der Waals surface area contributed by atoms with Crippen LogP contribution in [0.2, 0.25) is 0 Å². The molecule has 20 heavy (non-hydrogen) atoms. The summed E-state index contributed by atoms with van der Waals surface area (Å²) in [6.07, 6.45) is 2.56. The zero-order valence-electron chi connectivity index (χ0n) is 11.1. The van der Waals surface area contributed by atoms with Gasteiger partial charge in [-0.05, 0) is 37.6 Å². The summed E-state index contributed by atoms with van der Waals surface area (Å²) in [6.45, 7) is 0.758. The third-order valence-corrected chi connectivity index (χ3v) is 3.40. The van der Waals surface area contributed by atoms with Crippen molar-refractivity contribution >= 4 is 17.5 Å². The molecule has 0 radical (unpaired) electrons. The first kappa shape index (κ1) is 14.5. The lowest BCUT2D eigenvalue weighted by Gasteiger charge is -2.32. The number of likely N-dealkylation sites (tertiary alicyclic amines) is 1. The van der Waals surface area contributed by atoms with Crippen LogP contribution < -0.4 is 11.1 Å². The zero-order valence-corrected chi connectivity index (χ0v) is 11.1. The van der Waals surface area contributed by atoms with E-state index < -0.39 is 11.7 Å². The number of nitrogens with two attached hydrogens (primary N) is 1. The molecule has 1 heterocycles. The first-order valence-corrected chi connectivity index (χ1v) is 6.65. The first-order chi connectivity index (χ1) is 9.56. The molecule has 1 aliphatic heterocycles. The topological polar surface area (TPSA) is 75.4 Å². The number of nitrogens with one attached hydrogen (secondary N) is 1. The fourth-order valence-corrected chi connectivity index (χ4v) is 2.45. The number of hydrogen-bond acceptors (Lipinski definition) is 3. The second kappa shape index (κ2) is 6.47. The molecule has 108 valence electrons. The molecule has 1 saturated heterocycles. The van der Waals surface area contributed by atoms with E-state index >= 15 is 0 Å². The maximum absolute atomic E-state index is 13.0. The van der Waals surface area contributed by atoms with Gasteiger partial charge in [0.15, 0.2) is 0 Å². The van der Waals surface area contributed by atoms with Gasteiger partial charge >= 0.3 is 0 Å². The van der Waals surface area contributed by atoms with Crippen molar-refractivity contribution in [2.75, 3.05) is 18.4 Å². The van der Waals surface area contributed by atoms with Crippen LogP contribution in [0.15, 0.2) is 24.3 Å². The minimum absolute atomic E-state index is 0.0874. The molecular formula is C14H18FN3O2. The molecule has 0 saturated carbocycles. The van der Waals surface area contributed by atoms with Crippen LogP contribution in [-0.4, -0.2) is 35.8 Å². The number of amides is 2. The van der Waals surface area contributed by atoms with E-state index in [9.17, 15) is 14.0 Å². The average Bonchev–Trinajstić information content (AvgIpc) is 2.38. The van der Waals surface area contributed by atoms with Gasteiger partial charge in [0.25, 0.3) is 0 Å². The largest absolute Gasteiger partial charge is 0.368 e. The Morgan fingerprint density at radius 1 is 1.40 bits per heavy atom. The van der Waals surface area contributed by atoms with E-state index in [1.807, 2.05) is 0 Å². The molecule has 1 fully saturated rings. The lowest BCUT2D eigenvalue weighted by Crippen LogP contribution is -2.50. The average molecular weight is 279 g/mol. The number of carbonyl (C=O) groups is 2. The number of anilines is 1. The summed E-state index contributed by atoms with van der Waals surface area (Å²) in [5.41, 5.74) is 5.75. The standard InChI is InChI=1S/C14H18FN3O2/c15-10-4-3-5-11(8-10)17-13(19)9-18-7-2-1-6-12(18)14(16)20/h3-5,8,12H,1-2,6-7,9H2,(H2,16,20)(H,17,19)/t12-/m0/s1. The van der Waals surface area contributed by atoms with Crippen LogP contribution >= 0.6 is 0 Å². The molecule has 6 heteroatoms. The van der Waals surface area contributed by atoms with Gasteiger partial charge in [-0.1, -0.05) is 12.5 Å². The van der Waals surface area contributed by atoms with Gasteiger partial charge in [0, 0.05) is 5.69 Å². The monoisotopic (exact) mass is 279 g/mol. The van der Waals surface area contributed by atoms with Gasteiger partial charge in [-0.2, -0.15) is 0 Å². The fraction of sp³-hybridized carbons (Fsp3) is 0.429. The molecular weight excluding hydrogens is 261 g/mol. The Morgan fingerprint density at radius 2 is 2.20 bits per heavy atom. The van der Waals surface area contributed by atoms with Crippen molar-refractivity contribution in [1.29, 1.82) is 0 Å². The molecule has 2 amide bonds. The molecule has 1 aromatic rings. The molecule has 0 unspecified atom stereocenters. The van der Waals surface area contributed by atoms with Crippen molar-refractivity contribution in [1.82, 2.24) is 4.90 Å². The van der Waals surface area contributed by atoms with Crippen LogP contribution in [0, 0.1) is 5.82 Å². The lowest BCUT2D eigenvalue weighted by molar-refractivity contribution is -0.126. The van der Waals surface area contributed by atoms with E-state index in [2.05, 4.69) is 5.32 Å². The third-order valence-electron chi connectivity index (χ3n) is 3.40. The molecule has 1 aromatic carbocycles. The summed E-state index contributed by atoms with van der Waals surface area (Å²) in [5.74, 6) is -1.08. The molecule has 5 nitrogen and oxygen atoms in total. The number of carbonyl (C=O) groups excluding carboxylic acids is 2. The van der Waals surface area contributed by atoms with Gasteiger partial charge in [0.1, 0.15) is 5.82 Å². The molecule has 0 aliphatic carbocycles. The molecule has 1 atom stereocenters. The van der Waals surface area contributed by atoms with E-state index in [0.717, 1.165) is 12.8 Å². The minimum atomic E-state index is -0.407. The Morgan fingerprint density at radius 3 is 2.90 bits per heavy atom. The van der Waals surface area contributed by atoms with Crippen LogP contribution in [0.3, 0.4) is 0 Å². The Kier molecular flexibility index (Phi) is 4.68. The Bertz CT molecular complexity index is 507. The predicted molar refractivity (Wildman–Crippen MR) is 73.4 cm³/mol. The number of rotatable bonds is 4. The van der Waals surface area contributed by atoms with E-state index in [1.165, 1.54) is 18.2 Å². The first-order valence-electron chi connectivity index (χ1n) is 6.65. The Hall–Kier alpha value is -1.95. The summed E-state index contributed by atoms with van der Waals surface area (Å²) >= 11 is 0. The summed E-state index contributed by atoms with van der Waals surface area (Å²) in [6, 6.07) is 5.31. The predicted octanol–water partition coefficient (Wildman–Crippen LogP) is 1.10. The van der Waals surface area contributed by atoms with Gasteiger partial charge in [-0.25, -0.2) is 4.39 Å². The molecule has 0 aromatic heterocycles. The second-order valence-corrected chi connectivity index (χ2v) is 4.94. The Labute approximate surface area is 116 Å². The SMILES string of the molecule is NC(=O)[C@@H]1CCCCN1CC(=O)Nc1cccc(F)c1. The molecule has 0 spiro atoms. The van der Waals surface area contributed by atoms with E-state index in [0.29, 0.717) is 18.7 Å². The number of piperidine rings is 1. The van der Waals surface area contributed by atoms with Crippen LogP contribution in [-0.2, 0) is 9.59 Å². The van der Waals surface area contributed by atoms with E-state index in [4.69, 9.17) is 5.73 Å². The van der Waals surface area contributed by atoms with Crippen LogP contribution in [0.5, 0.6) is 0 Å². The van der Waals surface area contributed by atoms with Gasteiger partial charge in [0.05, 0.1) is 12.6 Å². The summed E-state index contributed by atoms with van der Waals surface area (Å²) in [7, 11) is 0. The van der Waals surface area contributed by atoms with Gasteiger partial charge in [-0.15, -0.1) is 0 Å². The smallest absolute Gasteiger partial charge is 0.238 e. The number of halogens is 1. The maximum Gasteiger partial charge on any atom is 0.238 e. The summed E-state index contributed by atoms with van der Waals surface area (Å²) in [5, 5.41) is 2.62. The molecule has 1 aliphatic rings. The van der Waals surface area contributed by atoms with Crippen molar-refractivity contribution in [3.8, 4) is 0 Å². The molecule has 0 bridgehead atoms. The van der Waals surface area contributed by atoms with Crippen LogP contribution in [0.4, 0.5) is 10.1 Å². The fourth-order valence-electron chi connectivity index (χ4n) is 2.45. The van der Waals surface area contributed by atoms with Gasteiger partial charge in [-0.3, -0.25) is 14.5 Å². The lowest BCUT2D eigenvalue weighted by atomic mass is 10.0. The maximum atomic E-state index is 13.0. The van der Waals surface area contributed by atoms with Crippen molar-refractivity contribution < 1.29 is 14.0 Å². The van der Waals surface area contributed by atoms with Crippen molar-refractivity contribution in [3.63, 3.8) is 0 Å². The number of primary amides is 1. The van der Waals surface area contributed by atoms with Crippen LogP contribution in [0.25, 0.3) is 0 Å². The number of nitrogens with zero attached hydrogens (tertiary/aromatic N) is 1. The third kappa shape index (κ3) is 3.77. The van der Waals surface area contributed by atoms with E-state index in [1.54, 1.807) is 11.0 Å². The number of hydrogen-bond donors (Lipinski definition) is 2. The van der Waals surface area contributed by atoms with Crippen molar-refractivity contribution in [3.05, 3.63) is 30.1 Å². The minimum Gasteiger partial charge on any atom is -0.368 e. The highest BCUT2D eigenvalue weighted by atomic mass is 19.1. The zero-order chi connectivity index (χ0) is 14.5. The van der Waals surface area contributed by atoms with Crippen molar-refractivity contribution in [2.24, 2.45) is 5.73 Å². The summed E-state index contributed by atoms with van der Waals surface area (Å²) < 4.78 is 13.0. The second-order valence-electron chi connectivity index (χ2n) is 4.94. The highest BCUT2D eigenvalue weighted by molar-refractivity contribution is 5.92. The number of benzene rings is 1.